The molecule has 0 aliphatic carbocycles. The van der Waals surface area contributed by atoms with Crippen molar-refractivity contribution in [3.8, 4) is 0 Å². The van der Waals surface area contributed by atoms with Crippen LogP contribution in [0.25, 0.3) is 0 Å². The van der Waals surface area contributed by atoms with Gasteiger partial charge in [0, 0.05) is 17.8 Å². The lowest BCUT2D eigenvalue weighted by molar-refractivity contribution is -0.134. The van der Waals surface area contributed by atoms with Gasteiger partial charge in [-0.15, -0.1) is 11.3 Å². The lowest BCUT2D eigenvalue weighted by atomic mass is 10.2. The molecule has 0 aromatic carbocycles. The molecule has 1 unspecified atom stereocenters. The average Bonchev–Trinajstić information content (AvgIpc) is 2.70. The molecular formula is C12H15BrN2O2S. The minimum Gasteiger partial charge on any atom is -0.344 e. The first-order valence-corrected chi connectivity index (χ1v) is 7.53. The molecular weight excluding hydrogens is 316 g/mol. The monoisotopic (exact) mass is 330 g/mol. The zero-order chi connectivity index (χ0) is 13.1. The molecule has 0 radical (unpaired) electrons. The Morgan fingerprint density at radius 3 is 2.89 bits per heavy atom. The van der Waals surface area contributed by atoms with Crippen LogP contribution in [0.1, 0.15) is 24.6 Å². The van der Waals surface area contributed by atoms with Gasteiger partial charge in [0.15, 0.2) is 0 Å². The van der Waals surface area contributed by atoms with Crippen LogP contribution in [0, 0.1) is 0 Å². The summed E-state index contributed by atoms with van der Waals surface area (Å²) in [4.78, 5) is 26.6. The highest BCUT2D eigenvalue weighted by Gasteiger charge is 2.28. The summed E-state index contributed by atoms with van der Waals surface area (Å²) in [6, 6.07) is 3.61. The van der Waals surface area contributed by atoms with Crippen molar-refractivity contribution < 1.29 is 9.59 Å². The largest absolute Gasteiger partial charge is 0.344 e. The van der Waals surface area contributed by atoms with Crippen LogP contribution in [0.4, 0.5) is 0 Å². The molecule has 1 saturated heterocycles. The van der Waals surface area contributed by atoms with Gasteiger partial charge in [-0.2, -0.15) is 0 Å². The van der Waals surface area contributed by atoms with Crippen molar-refractivity contribution in [1.82, 2.24) is 10.2 Å². The Kier molecular flexibility index (Phi) is 4.40. The zero-order valence-electron chi connectivity index (χ0n) is 10.1. The van der Waals surface area contributed by atoms with Crippen LogP contribution < -0.4 is 5.32 Å². The molecule has 6 heteroatoms. The van der Waals surface area contributed by atoms with E-state index in [0.29, 0.717) is 25.9 Å². The maximum atomic E-state index is 12.2. The maximum Gasteiger partial charge on any atom is 0.245 e. The normalized spacial score (nSPS) is 20.8. The maximum absolute atomic E-state index is 12.2. The summed E-state index contributed by atoms with van der Waals surface area (Å²) < 4.78 is 1.06. The number of hydrogen-bond acceptors (Lipinski definition) is 3. The number of halogens is 1. The first-order valence-electron chi connectivity index (χ1n) is 5.92. The summed E-state index contributed by atoms with van der Waals surface area (Å²) in [5.41, 5.74) is 0. The second-order valence-corrected chi connectivity index (χ2v) is 6.79. The van der Waals surface area contributed by atoms with Crippen LogP contribution in [-0.2, 0) is 16.1 Å². The minimum atomic E-state index is -0.372. The summed E-state index contributed by atoms with van der Waals surface area (Å²) in [7, 11) is 0. The topological polar surface area (TPSA) is 49.4 Å². The molecule has 1 aromatic rings. The van der Waals surface area contributed by atoms with E-state index in [1.54, 1.807) is 16.2 Å². The molecule has 1 aliphatic heterocycles. The number of thiophene rings is 1. The third-order valence-electron chi connectivity index (χ3n) is 2.94. The van der Waals surface area contributed by atoms with Crippen molar-refractivity contribution in [2.45, 2.75) is 32.4 Å². The van der Waals surface area contributed by atoms with E-state index in [0.717, 1.165) is 8.66 Å². The zero-order valence-corrected chi connectivity index (χ0v) is 12.5. The molecule has 2 rings (SSSR count). The summed E-state index contributed by atoms with van der Waals surface area (Å²) >= 11 is 5.03. The molecule has 0 spiro atoms. The number of nitrogens with zero attached hydrogens (tertiary/aromatic N) is 1. The molecule has 1 N–H and O–H groups in total. The van der Waals surface area contributed by atoms with Gasteiger partial charge in [-0.05, 0) is 34.5 Å². The van der Waals surface area contributed by atoms with Gasteiger partial charge < -0.3 is 10.2 Å². The van der Waals surface area contributed by atoms with E-state index in [2.05, 4.69) is 21.2 Å². The highest BCUT2D eigenvalue weighted by Crippen LogP contribution is 2.24. The third kappa shape index (κ3) is 3.11. The predicted molar refractivity (Wildman–Crippen MR) is 74.3 cm³/mol. The summed E-state index contributed by atoms with van der Waals surface area (Å²) in [5.74, 6) is -0.0158. The molecule has 0 saturated carbocycles. The second-order valence-electron chi connectivity index (χ2n) is 4.24. The Morgan fingerprint density at radius 1 is 1.50 bits per heavy atom. The number of rotatable bonds is 3. The first kappa shape index (κ1) is 13.5. The molecule has 4 nitrogen and oxygen atoms in total. The summed E-state index contributed by atoms with van der Waals surface area (Å²) in [6.07, 6.45) is 1.02. The number of carbonyl (C=O) groups is 2. The van der Waals surface area contributed by atoms with Gasteiger partial charge in [-0.1, -0.05) is 6.92 Å². The van der Waals surface area contributed by atoms with E-state index in [9.17, 15) is 9.59 Å². The molecule has 98 valence electrons. The Bertz CT molecular complexity index is 461. The van der Waals surface area contributed by atoms with Gasteiger partial charge in [0.1, 0.15) is 6.04 Å². The number of amides is 2. The molecule has 1 aromatic heterocycles. The van der Waals surface area contributed by atoms with E-state index in [-0.39, 0.29) is 17.9 Å². The molecule has 1 fully saturated rings. The van der Waals surface area contributed by atoms with Crippen molar-refractivity contribution in [3.63, 3.8) is 0 Å². The number of hydrogen-bond donors (Lipinski definition) is 1. The van der Waals surface area contributed by atoms with E-state index in [1.165, 1.54) is 0 Å². The quantitative estimate of drug-likeness (QED) is 0.923. The summed E-state index contributed by atoms with van der Waals surface area (Å²) in [5, 5.41) is 2.76. The minimum absolute atomic E-state index is 0.0212. The second kappa shape index (κ2) is 5.84. The van der Waals surface area contributed by atoms with E-state index in [1.807, 2.05) is 19.1 Å². The van der Waals surface area contributed by atoms with Crippen molar-refractivity contribution in [1.29, 1.82) is 0 Å². The van der Waals surface area contributed by atoms with Gasteiger partial charge in [-0.25, -0.2) is 0 Å². The van der Waals surface area contributed by atoms with Crippen LogP contribution in [0.3, 0.4) is 0 Å². The Balaban J connectivity index is 2.10. The fourth-order valence-corrected chi connectivity index (χ4v) is 3.45. The van der Waals surface area contributed by atoms with E-state index >= 15 is 0 Å². The third-order valence-corrected chi connectivity index (χ3v) is 4.55. The summed E-state index contributed by atoms with van der Waals surface area (Å²) in [6.45, 7) is 2.99. The Labute approximate surface area is 118 Å². The Hall–Kier alpha value is -0.880. The smallest absolute Gasteiger partial charge is 0.245 e. The van der Waals surface area contributed by atoms with E-state index in [4.69, 9.17) is 0 Å². The number of carbonyl (C=O) groups excluding carboxylic acids is 2. The van der Waals surface area contributed by atoms with Gasteiger partial charge >= 0.3 is 0 Å². The van der Waals surface area contributed by atoms with Crippen LogP contribution >= 0.6 is 27.3 Å². The standard InChI is InChI=1S/C12H15BrN2O2S/c1-2-9-12(17)15(6-5-11(16)14-9)7-8-3-4-10(13)18-8/h3-4,9H,2,5-7H2,1H3,(H,14,16). The van der Waals surface area contributed by atoms with Crippen molar-refractivity contribution in [3.05, 3.63) is 20.8 Å². The average molecular weight is 331 g/mol. The highest BCUT2D eigenvalue weighted by molar-refractivity contribution is 9.11. The fourth-order valence-electron chi connectivity index (χ4n) is 1.95. The molecule has 2 heterocycles. The lowest BCUT2D eigenvalue weighted by Crippen LogP contribution is -2.43. The predicted octanol–water partition coefficient (Wildman–Crippen LogP) is 2.14. The van der Waals surface area contributed by atoms with Crippen molar-refractivity contribution >= 4 is 39.1 Å². The first-order chi connectivity index (χ1) is 8.60. The van der Waals surface area contributed by atoms with Gasteiger partial charge in [0.05, 0.1) is 10.3 Å². The molecule has 1 atom stereocenters. The fraction of sp³-hybridized carbons (Fsp3) is 0.500. The highest BCUT2D eigenvalue weighted by atomic mass is 79.9. The van der Waals surface area contributed by atoms with Crippen LogP contribution in [0.2, 0.25) is 0 Å². The van der Waals surface area contributed by atoms with Gasteiger partial charge in [-0.3, -0.25) is 9.59 Å². The van der Waals surface area contributed by atoms with Crippen LogP contribution in [0.15, 0.2) is 15.9 Å². The van der Waals surface area contributed by atoms with E-state index < -0.39 is 0 Å². The van der Waals surface area contributed by atoms with Crippen molar-refractivity contribution in [2.24, 2.45) is 0 Å². The van der Waals surface area contributed by atoms with Gasteiger partial charge in [0.25, 0.3) is 0 Å². The van der Waals surface area contributed by atoms with Crippen LogP contribution in [0.5, 0.6) is 0 Å². The molecule has 18 heavy (non-hydrogen) atoms. The molecule has 2 amide bonds. The molecule has 1 aliphatic rings. The van der Waals surface area contributed by atoms with Gasteiger partial charge in [0.2, 0.25) is 11.8 Å². The lowest BCUT2D eigenvalue weighted by Gasteiger charge is -2.22. The van der Waals surface area contributed by atoms with Crippen molar-refractivity contribution in [2.75, 3.05) is 6.54 Å². The Morgan fingerprint density at radius 2 is 2.28 bits per heavy atom. The molecule has 0 bridgehead atoms. The number of nitrogens with one attached hydrogen (secondary N) is 1. The SMILES string of the molecule is CCC1NC(=O)CCN(Cc2ccc(Br)s2)C1=O. The van der Waals surface area contributed by atoms with Crippen LogP contribution in [-0.4, -0.2) is 29.3 Å².